The second-order valence-electron chi connectivity index (χ2n) is 10.3. The highest BCUT2D eigenvalue weighted by molar-refractivity contribution is 7.47. The van der Waals surface area contributed by atoms with Gasteiger partial charge in [-0.05, 0) is 6.42 Å². The third-order valence-electron chi connectivity index (χ3n) is 5.88. The van der Waals surface area contributed by atoms with Crippen molar-refractivity contribution >= 4 is 7.82 Å². The lowest BCUT2D eigenvalue weighted by Gasteiger charge is -2.24. The zero-order valence-corrected chi connectivity index (χ0v) is 22.6. The molecule has 7 heteroatoms. The van der Waals surface area contributed by atoms with Crippen LogP contribution < -0.4 is 0 Å². The average Bonchev–Trinajstić information content (AvgIpc) is 2.71. The van der Waals surface area contributed by atoms with Crippen LogP contribution in [0.5, 0.6) is 0 Å². The van der Waals surface area contributed by atoms with Gasteiger partial charge in [0, 0.05) is 0 Å². The van der Waals surface area contributed by atoms with Crippen LogP contribution in [0.4, 0.5) is 0 Å². The topological polar surface area (TPSA) is 76.0 Å². The van der Waals surface area contributed by atoms with Crippen LogP contribution in [0.2, 0.25) is 0 Å². The van der Waals surface area contributed by atoms with E-state index in [2.05, 4.69) is 6.92 Å². The zero-order chi connectivity index (χ0) is 24.1. The van der Waals surface area contributed by atoms with Crippen LogP contribution in [0, 0.1) is 0 Å². The third kappa shape index (κ3) is 23.2. The van der Waals surface area contributed by atoms with E-state index < -0.39 is 13.9 Å². The van der Waals surface area contributed by atoms with Crippen molar-refractivity contribution in [2.24, 2.45) is 0 Å². The van der Waals surface area contributed by atoms with E-state index in [0.29, 0.717) is 17.4 Å². The summed E-state index contributed by atoms with van der Waals surface area (Å²) in [4.78, 5) is 9.84. The molecule has 2 atom stereocenters. The third-order valence-corrected chi connectivity index (χ3v) is 6.96. The SMILES string of the molecule is CCCCCCCCCCCCCCCCCCC(CO)OP(=O)(O)OCC[N+](C)(C)C. The van der Waals surface area contributed by atoms with Crippen LogP contribution in [-0.2, 0) is 13.6 Å². The van der Waals surface area contributed by atoms with Crippen molar-refractivity contribution < 1.29 is 28.1 Å². The number of hydrogen-bond acceptors (Lipinski definition) is 4. The van der Waals surface area contributed by atoms with Gasteiger partial charge in [0.05, 0.1) is 33.9 Å². The van der Waals surface area contributed by atoms with Gasteiger partial charge in [0.2, 0.25) is 0 Å². The summed E-state index contributed by atoms with van der Waals surface area (Å²) in [7, 11) is 1.85. The van der Waals surface area contributed by atoms with Crippen LogP contribution >= 0.6 is 7.82 Å². The molecule has 0 saturated heterocycles. The van der Waals surface area contributed by atoms with Crippen molar-refractivity contribution in [2.75, 3.05) is 40.9 Å². The van der Waals surface area contributed by atoms with E-state index in [9.17, 15) is 14.6 Å². The van der Waals surface area contributed by atoms with Gasteiger partial charge in [-0.2, -0.15) is 0 Å². The summed E-state index contributed by atoms with van der Waals surface area (Å²) in [5.74, 6) is 0. The minimum absolute atomic E-state index is 0.147. The highest BCUT2D eigenvalue weighted by Gasteiger charge is 2.27. The van der Waals surface area contributed by atoms with Gasteiger partial charge in [-0.25, -0.2) is 4.57 Å². The number of aliphatic hydroxyl groups excluding tert-OH is 1. The molecule has 0 saturated carbocycles. The molecule has 0 fully saturated rings. The summed E-state index contributed by atoms with van der Waals surface area (Å²) in [6.07, 6.45) is 20.9. The average molecular weight is 481 g/mol. The first kappa shape index (κ1) is 32.0. The highest BCUT2D eigenvalue weighted by Crippen LogP contribution is 2.45. The van der Waals surface area contributed by atoms with Crippen molar-refractivity contribution in [3.63, 3.8) is 0 Å². The second kappa shape index (κ2) is 20.4. The first-order valence-corrected chi connectivity index (χ1v) is 14.8. The van der Waals surface area contributed by atoms with Crippen molar-refractivity contribution in [3.8, 4) is 0 Å². The fourth-order valence-electron chi connectivity index (χ4n) is 3.75. The van der Waals surface area contributed by atoms with Crippen molar-refractivity contribution in [3.05, 3.63) is 0 Å². The van der Waals surface area contributed by atoms with E-state index >= 15 is 0 Å². The normalized spacial score (nSPS) is 15.1. The number of likely N-dealkylation sites (N-methyl/N-ethyl adjacent to an activating group) is 1. The number of nitrogens with zero attached hydrogens (tertiary/aromatic N) is 1. The molecule has 0 amide bonds. The number of rotatable bonds is 24. The molecule has 0 aromatic rings. The molecular formula is C25H55NO5P+. The quantitative estimate of drug-likeness (QED) is 0.0898. The minimum atomic E-state index is -4.11. The Kier molecular flexibility index (Phi) is 20.4. The van der Waals surface area contributed by atoms with Crippen LogP contribution in [-0.4, -0.2) is 61.5 Å². The van der Waals surface area contributed by atoms with E-state index in [0.717, 1.165) is 12.8 Å². The van der Waals surface area contributed by atoms with Crippen LogP contribution in [0.3, 0.4) is 0 Å². The molecule has 0 rings (SSSR count). The molecule has 2 N–H and O–H groups in total. The lowest BCUT2D eigenvalue weighted by molar-refractivity contribution is -0.870. The molecule has 0 spiro atoms. The summed E-state index contributed by atoms with van der Waals surface area (Å²) in [5.41, 5.74) is 0. The molecule has 32 heavy (non-hydrogen) atoms. The van der Waals surface area contributed by atoms with Crippen LogP contribution in [0.1, 0.15) is 116 Å². The molecule has 194 valence electrons. The number of phosphoric acid groups is 1. The van der Waals surface area contributed by atoms with E-state index in [1.165, 1.54) is 89.9 Å². The predicted molar refractivity (Wildman–Crippen MR) is 135 cm³/mol. The lowest BCUT2D eigenvalue weighted by Crippen LogP contribution is -2.37. The number of phosphoric ester groups is 1. The smallest absolute Gasteiger partial charge is 0.394 e. The molecule has 6 nitrogen and oxygen atoms in total. The van der Waals surface area contributed by atoms with Gasteiger partial charge in [-0.3, -0.25) is 9.05 Å². The van der Waals surface area contributed by atoms with Gasteiger partial charge >= 0.3 is 7.82 Å². The van der Waals surface area contributed by atoms with Gasteiger partial charge < -0.3 is 14.5 Å². The van der Waals surface area contributed by atoms with Crippen LogP contribution in [0.15, 0.2) is 0 Å². The molecule has 0 radical (unpaired) electrons. The summed E-state index contributed by atoms with van der Waals surface area (Å²) in [6.45, 7) is 2.76. The summed E-state index contributed by atoms with van der Waals surface area (Å²) < 4.78 is 22.9. The Labute approximate surface area is 199 Å². The van der Waals surface area contributed by atoms with Crippen LogP contribution in [0.25, 0.3) is 0 Å². The molecule has 0 heterocycles. The first-order valence-electron chi connectivity index (χ1n) is 13.3. The summed E-state index contributed by atoms with van der Waals surface area (Å²) in [6, 6.07) is 0. The molecule has 2 unspecified atom stereocenters. The highest BCUT2D eigenvalue weighted by atomic mass is 31.2. The van der Waals surface area contributed by atoms with Gasteiger partial charge in [-0.1, -0.05) is 110 Å². The minimum Gasteiger partial charge on any atom is -0.394 e. The number of quaternary nitrogens is 1. The largest absolute Gasteiger partial charge is 0.472 e. The number of hydrogen-bond donors (Lipinski definition) is 2. The Hall–Kier alpha value is 0.0300. The molecule has 0 aliphatic carbocycles. The summed E-state index contributed by atoms with van der Waals surface area (Å²) in [5, 5.41) is 9.45. The van der Waals surface area contributed by atoms with E-state index in [1.54, 1.807) is 0 Å². The molecule has 0 aromatic heterocycles. The molecular weight excluding hydrogens is 425 g/mol. The van der Waals surface area contributed by atoms with E-state index in [-0.39, 0.29) is 13.2 Å². The zero-order valence-electron chi connectivity index (χ0n) is 21.7. The Morgan fingerprint density at radius 3 is 1.53 bits per heavy atom. The summed E-state index contributed by atoms with van der Waals surface area (Å²) >= 11 is 0. The standard InChI is InChI=1S/C25H54NO5P/c1-5-6-7-8-9-10-11-12-13-14-15-16-17-18-19-20-21-25(24-27)31-32(28,29)30-23-22-26(2,3)4/h25,27H,5-24H2,1-4H3/p+1. The predicted octanol–water partition coefficient (Wildman–Crippen LogP) is 6.84. The molecule has 0 bridgehead atoms. The van der Waals surface area contributed by atoms with Crippen molar-refractivity contribution in [1.82, 2.24) is 0 Å². The van der Waals surface area contributed by atoms with Crippen molar-refractivity contribution in [1.29, 1.82) is 0 Å². The van der Waals surface area contributed by atoms with Gasteiger partial charge in [0.1, 0.15) is 13.2 Å². The Morgan fingerprint density at radius 1 is 0.750 bits per heavy atom. The van der Waals surface area contributed by atoms with Gasteiger partial charge in [0.25, 0.3) is 0 Å². The maximum Gasteiger partial charge on any atom is 0.472 e. The lowest BCUT2D eigenvalue weighted by atomic mass is 10.0. The number of unbranched alkanes of at least 4 members (excludes halogenated alkanes) is 15. The Bertz CT molecular complexity index is 456. The Balaban J connectivity index is 3.55. The maximum atomic E-state index is 12.0. The van der Waals surface area contributed by atoms with Gasteiger partial charge in [0.15, 0.2) is 0 Å². The van der Waals surface area contributed by atoms with Gasteiger partial charge in [-0.15, -0.1) is 0 Å². The fourth-order valence-corrected chi connectivity index (χ4v) is 4.67. The second-order valence-corrected chi connectivity index (χ2v) is 11.7. The maximum absolute atomic E-state index is 12.0. The van der Waals surface area contributed by atoms with E-state index in [1.807, 2.05) is 21.1 Å². The fraction of sp³-hybridized carbons (Fsp3) is 1.00. The Morgan fingerprint density at radius 2 is 1.16 bits per heavy atom. The first-order chi connectivity index (χ1) is 15.2. The molecule has 0 aliphatic rings. The number of aliphatic hydroxyl groups is 1. The van der Waals surface area contributed by atoms with E-state index in [4.69, 9.17) is 9.05 Å². The monoisotopic (exact) mass is 480 g/mol. The molecule has 0 aromatic carbocycles. The van der Waals surface area contributed by atoms with Crippen molar-refractivity contribution in [2.45, 2.75) is 122 Å². The molecule has 0 aliphatic heterocycles.